The van der Waals surface area contributed by atoms with Crippen LogP contribution < -0.4 is 11.5 Å². The van der Waals surface area contributed by atoms with Crippen molar-refractivity contribution >= 4 is 73.8 Å². The zero-order valence-electron chi connectivity index (χ0n) is 23.0. The van der Waals surface area contributed by atoms with Gasteiger partial charge in [-0.15, -0.1) is 0 Å². The fraction of sp³-hybridized carbons (Fsp3) is 0.545. The number of fused-ring (bicyclic) bond motifs is 2. The molecular formula is C22H27FN10O8P2S2. The van der Waals surface area contributed by atoms with Crippen molar-refractivity contribution in [1.29, 1.82) is 0 Å². The molecule has 4 aromatic rings. The Morgan fingerprint density at radius 2 is 1.60 bits per heavy atom. The monoisotopic (exact) mass is 704 g/mol. The van der Waals surface area contributed by atoms with E-state index in [1.165, 1.54) is 29.9 Å². The molecule has 2 fully saturated rings. The van der Waals surface area contributed by atoms with Gasteiger partial charge >= 0.3 is 15.4 Å². The molecule has 0 saturated carbocycles. The highest BCUT2D eigenvalue weighted by atomic mass is 32.5. The molecule has 0 radical (unpaired) electrons. The first-order chi connectivity index (χ1) is 21.6. The second-order valence-electron chi connectivity index (χ2n) is 10.1. The normalized spacial score (nSPS) is 30.0. The Balaban J connectivity index is 1.17. The quantitative estimate of drug-likeness (QED) is 0.102. The summed E-state index contributed by atoms with van der Waals surface area (Å²) in [5, 5.41) is 11.2. The lowest BCUT2D eigenvalue weighted by Gasteiger charge is -2.25. The van der Waals surface area contributed by atoms with Crippen molar-refractivity contribution in [2.24, 2.45) is 5.92 Å². The average Bonchev–Trinajstić information content (AvgIpc) is 3.77. The molecule has 9 atom stereocenters. The van der Waals surface area contributed by atoms with Crippen LogP contribution in [0.15, 0.2) is 25.3 Å². The summed E-state index contributed by atoms with van der Waals surface area (Å²) in [5.74, 6) is 0.218. The van der Waals surface area contributed by atoms with Crippen molar-refractivity contribution in [3.05, 3.63) is 25.3 Å². The minimum absolute atomic E-state index is 0.0815. The number of hydrogen-bond acceptors (Lipinski definition) is 17. The van der Waals surface area contributed by atoms with Crippen LogP contribution in [0.2, 0.25) is 0 Å². The number of thiol groups is 1. The van der Waals surface area contributed by atoms with Gasteiger partial charge in [0.1, 0.15) is 48.2 Å². The van der Waals surface area contributed by atoms with E-state index < -0.39 is 71.0 Å². The molecule has 0 aliphatic carbocycles. The minimum atomic E-state index is -4.20. The highest BCUT2D eigenvalue weighted by Crippen LogP contribution is 2.51. The number of rotatable bonds is 12. The Hall–Kier alpha value is -2.55. The van der Waals surface area contributed by atoms with Crippen LogP contribution in [-0.2, 0) is 39.4 Å². The molecule has 242 valence electrons. The lowest BCUT2D eigenvalue weighted by atomic mass is 9.97. The number of ether oxygens (including phenoxy) is 2. The van der Waals surface area contributed by atoms with Gasteiger partial charge in [0.25, 0.3) is 0 Å². The van der Waals surface area contributed by atoms with Crippen LogP contribution >= 0.6 is 28.0 Å². The van der Waals surface area contributed by atoms with Crippen molar-refractivity contribution < 1.29 is 42.0 Å². The molecular weight excluding hydrogens is 677 g/mol. The maximum absolute atomic E-state index is 16.0. The van der Waals surface area contributed by atoms with Gasteiger partial charge in [-0.3, -0.25) is 18.2 Å². The van der Waals surface area contributed by atoms with Gasteiger partial charge in [0.2, 0.25) is 0 Å². The number of nitrogens with zero attached hydrogens (tertiary/aromatic N) is 8. The maximum atomic E-state index is 16.0. The molecule has 6 heterocycles. The van der Waals surface area contributed by atoms with Crippen molar-refractivity contribution in [3.63, 3.8) is 0 Å². The third-order valence-electron chi connectivity index (χ3n) is 7.50. The number of alkyl halides is 1. The van der Waals surface area contributed by atoms with E-state index in [4.69, 9.17) is 46.3 Å². The Kier molecular flexibility index (Phi) is 9.56. The summed E-state index contributed by atoms with van der Waals surface area (Å²) in [6.07, 6.45) is -3.14. The van der Waals surface area contributed by atoms with Gasteiger partial charge in [-0.2, -0.15) is 12.6 Å². The predicted molar refractivity (Wildman–Crippen MR) is 161 cm³/mol. The molecule has 0 bridgehead atoms. The van der Waals surface area contributed by atoms with E-state index in [1.807, 2.05) is 0 Å². The van der Waals surface area contributed by atoms with Gasteiger partial charge in [-0.1, -0.05) is 0 Å². The zero-order chi connectivity index (χ0) is 31.9. The number of nitrogen functional groups attached to an aromatic ring is 2. The number of imidazole rings is 2. The molecule has 1 unspecified atom stereocenters. The highest BCUT2D eigenvalue weighted by molar-refractivity contribution is 8.07. The van der Waals surface area contributed by atoms with Gasteiger partial charge in [0, 0.05) is 5.92 Å². The first-order valence-corrected chi connectivity index (χ1v) is 17.3. The number of nitrogens with two attached hydrogens (primary N) is 2. The molecule has 23 heteroatoms. The second-order valence-corrected chi connectivity index (χ2v) is 13.8. The highest BCUT2D eigenvalue weighted by Gasteiger charge is 2.51. The zero-order valence-corrected chi connectivity index (χ0v) is 26.5. The Morgan fingerprint density at radius 3 is 2.20 bits per heavy atom. The first-order valence-electron chi connectivity index (χ1n) is 13.3. The third-order valence-corrected chi connectivity index (χ3v) is 9.57. The van der Waals surface area contributed by atoms with Crippen LogP contribution in [0.4, 0.5) is 16.0 Å². The molecule has 18 nitrogen and oxygen atoms in total. The molecule has 0 amide bonds. The predicted octanol–water partition coefficient (Wildman–Crippen LogP) is 1.10. The summed E-state index contributed by atoms with van der Waals surface area (Å²) in [5.41, 5.74) is 12.9. The SMILES string of the molecule is Nc1ncnc2c1ncn2[C@@H]1O[C@H](COP=O)[C@@H](OP(O)(=S)OC[C@H]2O[C@@H](n3cnc4c(N)ncnc43)[C@H](CCS)[C@@H]2O)[C@H]1F. The smallest absolute Gasteiger partial charge is 0.327 e. The van der Waals surface area contributed by atoms with Crippen LogP contribution in [-0.4, -0.2) is 98.6 Å². The minimum Gasteiger partial charge on any atom is -0.390 e. The number of halogens is 1. The van der Waals surface area contributed by atoms with Crippen LogP contribution in [0.5, 0.6) is 0 Å². The molecule has 2 aliphatic rings. The lowest BCUT2D eigenvalue weighted by Crippen LogP contribution is -2.34. The van der Waals surface area contributed by atoms with Crippen LogP contribution in [0.1, 0.15) is 18.9 Å². The van der Waals surface area contributed by atoms with E-state index >= 15 is 4.39 Å². The van der Waals surface area contributed by atoms with Crippen molar-refractivity contribution in [2.45, 2.75) is 49.5 Å². The largest absolute Gasteiger partial charge is 0.390 e. The number of hydrogen-bond donors (Lipinski definition) is 5. The van der Waals surface area contributed by atoms with Crippen LogP contribution in [0.25, 0.3) is 22.3 Å². The fourth-order valence-corrected chi connectivity index (χ4v) is 7.37. The summed E-state index contributed by atoms with van der Waals surface area (Å²) < 4.78 is 57.9. The molecule has 6 N–H and O–H groups in total. The molecule has 0 aromatic carbocycles. The molecule has 45 heavy (non-hydrogen) atoms. The van der Waals surface area contributed by atoms with Gasteiger partial charge < -0.3 is 35.5 Å². The fourth-order valence-electron chi connectivity index (χ4n) is 5.42. The van der Waals surface area contributed by atoms with E-state index in [2.05, 4.69) is 42.5 Å². The van der Waals surface area contributed by atoms with Crippen molar-refractivity contribution in [1.82, 2.24) is 39.0 Å². The van der Waals surface area contributed by atoms with E-state index in [1.54, 1.807) is 4.57 Å². The van der Waals surface area contributed by atoms with E-state index in [-0.39, 0.29) is 29.4 Å². The van der Waals surface area contributed by atoms with Gasteiger partial charge in [0.05, 0.1) is 32.0 Å². The number of aliphatic hydroxyl groups excluding tert-OH is 1. The Labute approximate surface area is 265 Å². The summed E-state index contributed by atoms with van der Waals surface area (Å²) in [6, 6.07) is 0. The number of aromatic nitrogens is 8. The standard InChI is InChI=1S/C22H27FN10O8P2S2/c23-12-16(11(3-37-42-35)40-22(12)33-8-31-14-18(25)27-6-29-20(14)33)41-43(36,45)38-4-10-15(34)9(1-2-44)21(39-10)32-7-30-13-17(24)26-5-28-19(13)32/h5-12,15-16,21-22,34,44H,1-4H2,(H,36,45)(H2,24,26,28)(H2,25,27,29)/t9-,10-,11-,12-,15+,16-,21-,22-,43?/m1/s1. The maximum Gasteiger partial charge on any atom is 0.327 e. The summed E-state index contributed by atoms with van der Waals surface area (Å²) in [7, 11) is -0.683. The Morgan fingerprint density at radius 1 is 1.00 bits per heavy atom. The number of aliphatic hydroxyl groups is 1. The molecule has 0 spiro atoms. The number of anilines is 2. The van der Waals surface area contributed by atoms with Gasteiger partial charge in [-0.05, 0) is 24.0 Å². The van der Waals surface area contributed by atoms with E-state index in [0.717, 1.165) is 0 Å². The van der Waals surface area contributed by atoms with Gasteiger partial charge in [0.15, 0.2) is 35.3 Å². The average molecular weight is 705 g/mol. The first kappa shape index (κ1) is 32.4. The second kappa shape index (κ2) is 13.3. The van der Waals surface area contributed by atoms with Gasteiger partial charge in [-0.25, -0.2) is 38.9 Å². The third kappa shape index (κ3) is 6.27. The van der Waals surface area contributed by atoms with Crippen molar-refractivity contribution in [3.8, 4) is 0 Å². The molecule has 2 aliphatic heterocycles. The van der Waals surface area contributed by atoms with E-state index in [0.29, 0.717) is 23.3 Å². The molecule has 4 aromatic heterocycles. The van der Waals surface area contributed by atoms with E-state index in [9.17, 15) is 14.6 Å². The van der Waals surface area contributed by atoms with Crippen molar-refractivity contribution in [2.75, 3.05) is 30.4 Å². The summed E-state index contributed by atoms with van der Waals surface area (Å²) in [4.78, 5) is 35.5. The Bertz CT molecular complexity index is 1740. The molecule has 2 saturated heterocycles. The van der Waals surface area contributed by atoms with Crippen LogP contribution in [0.3, 0.4) is 0 Å². The topological polar surface area (TPSA) is 243 Å². The summed E-state index contributed by atoms with van der Waals surface area (Å²) >= 11 is 9.53. The lowest BCUT2D eigenvalue weighted by molar-refractivity contribution is -0.0492. The summed E-state index contributed by atoms with van der Waals surface area (Å²) in [6.45, 7) is -4.99. The molecule has 6 rings (SSSR count). The van der Waals surface area contributed by atoms with Crippen LogP contribution in [0, 0.1) is 5.92 Å².